The molecule has 2 nitrogen and oxygen atoms in total. The molecule has 0 amide bonds. The summed E-state index contributed by atoms with van der Waals surface area (Å²) in [6.45, 7) is 16.2. The molecule has 2 atom stereocenters. The second kappa shape index (κ2) is 7.79. The lowest BCUT2D eigenvalue weighted by Gasteiger charge is -2.37. The molecule has 118 valence electrons. The van der Waals surface area contributed by atoms with E-state index in [1.54, 1.807) is 0 Å². The van der Waals surface area contributed by atoms with Gasteiger partial charge in [0.1, 0.15) is 0 Å². The molecule has 0 radical (unpaired) electrons. The van der Waals surface area contributed by atoms with Crippen molar-refractivity contribution in [3.05, 3.63) is 0 Å². The second-order valence-electron chi connectivity index (χ2n) is 7.78. The van der Waals surface area contributed by atoms with E-state index in [1.165, 1.54) is 64.8 Å². The topological polar surface area (TPSA) is 6.48 Å². The molecule has 0 aromatic carbocycles. The largest absolute Gasteiger partial charge is 0.303 e. The summed E-state index contributed by atoms with van der Waals surface area (Å²) in [5, 5.41) is 0. The van der Waals surface area contributed by atoms with Gasteiger partial charge in [-0.2, -0.15) is 0 Å². The first-order valence-electron chi connectivity index (χ1n) is 9.04. The Morgan fingerprint density at radius 3 is 2.20 bits per heavy atom. The van der Waals surface area contributed by atoms with Crippen LogP contribution in [-0.4, -0.2) is 48.6 Å². The van der Waals surface area contributed by atoms with Crippen LogP contribution in [0.2, 0.25) is 0 Å². The normalized spacial score (nSPS) is 28.4. The van der Waals surface area contributed by atoms with E-state index in [-0.39, 0.29) is 0 Å². The first-order valence-corrected chi connectivity index (χ1v) is 9.04. The number of nitrogens with zero attached hydrogens (tertiary/aromatic N) is 2. The molecule has 2 unspecified atom stereocenters. The summed E-state index contributed by atoms with van der Waals surface area (Å²) in [6.07, 6.45) is 7.03. The molecule has 2 heteroatoms. The van der Waals surface area contributed by atoms with Gasteiger partial charge in [0.2, 0.25) is 0 Å². The molecule has 2 aliphatic rings. The van der Waals surface area contributed by atoms with Gasteiger partial charge in [-0.25, -0.2) is 0 Å². The van der Waals surface area contributed by atoms with Gasteiger partial charge in [0.15, 0.2) is 0 Å². The molecule has 20 heavy (non-hydrogen) atoms. The molecular weight excluding hydrogens is 244 g/mol. The molecule has 0 N–H and O–H groups in total. The Balaban J connectivity index is 1.66. The van der Waals surface area contributed by atoms with Crippen molar-refractivity contribution in [2.45, 2.75) is 65.8 Å². The van der Waals surface area contributed by atoms with E-state index < -0.39 is 0 Å². The summed E-state index contributed by atoms with van der Waals surface area (Å²) in [4.78, 5) is 5.46. The van der Waals surface area contributed by atoms with Gasteiger partial charge in [0.25, 0.3) is 0 Å². The van der Waals surface area contributed by atoms with Gasteiger partial charge in [-0.3, -0.25) is 0 Å². The molecule has 2 heterocycles. The maximum absolute atomic E-state index is 2.76. The molecule has 0 aromatic rings. The Bertz CT molecular complexity index is 269. The van der Waals surface area contributed by atoms with Crippen LogP contribution in [0, 0.1) is 17.8 Å². The molecule has 0 spiro atoms. The van der Waals surface area contributed by atoms with Gasteiger partial charge in [-0.1, -0.05) is 20.8 Å². The van der Waals surface area contributed by atoms with Crippen LogP contribution in [0.5, 0.6) is 0 Å². The minimum absolute atomic E-state index is 0.790. The molecule has 2 fully saturated rings. The Kier molecular flexibility index (Phi) is 6.35. The quantitative estimate of drug-likeness (QED) is 0.729. The first-order chi connectivity index (χ1) is 9.58. The van der Waals surface area contributed by atoms with E-state index in [9.17, 15) is 0 Å². The van der Waals surface area contributed by atoms with Crippen LogP contribution >= 0.6 is 0 Å². The summed E-state index contributed by atoms with van der Waals surface area (Å²) in [6, 6.07) is 0.790. The van der Waals surface area contributed by atoms with Gasteiger partial charge in [0.05, 0.1) is 0 Å². The van der Waals surface area contributed by atoms with Gasteiger partial charge in [-0.15, -0.1) is 0 Å². The molecule has 0 aliphatic carbocycles. The molecule has 0 bridgehead atoms. The maximum atomic E-state index is 2.76. The second-order valence-corrected chi connectivity index (χ2v) is 7.78. The molecular formula is C18H36N2. The van der Waals surface area contributed by atoms with Crippen LogP contribution in [0.3, 0.4) is 0 Å². The van der Waals surface area contributed by atoms with Gasteiger partial charge in [0, 0.05) is 19.1 Å². The minimum Gasteiger partial charge on any atom is -0.303 e. The average Bonchev–Trinajstić information content (AvgIpc) is 2.85. The van der Waals surface area contributed by atoms with Crippen molar-refractivity contribution in [1.82, 2.24) is 9.80 Å². The monoisotopic (exact) mass is 280 g/mol. The van der Waals surface area contributed by atoms with Crippen molar-refractivity contribution < 1.29 is 0 Å². The Morgan fingerprint density at radius 2 is 1.60 bits per heavy atom. The Morgan fingerprint density at radius 1 is 0.950 bits per heavy atom. The summed E-state index contributed by atoms with van der Waals surface area (Å²) in [5.74, 6) is 2.82. The summed E-state index contributed by atoms with van der Waals surface area (Å²) in [5.41, 5.74) is 0. The highest BCUT2D eigenvalue weighted by Gasteiger charge is 2.27. The van der Waals surface area contributed by atoms with Crippen molar-refractivity contribution in [3.8, 4) is 0 Å². The van der Waals surface area contributed by atoms with Crippen molar-refractivity contribution in [2.24, 2.45) is 17.8 Å². The molecule has 0 aromatic heterocycles. The highest BCUT2D eigenvalue weighted by Crippen LogP contribution is 2.26. The van der Waals surface area contributed by atoms with E-state index in [0.717, 1.165) is 23.8 Å². The van der Waals surface area contributed by atoms with E-state index >= 15 is 0 Å². The van der Waals surface area contributed by atoms with Crippen LogP contribution in [0.4, 0.5) is 0 Å². The van der Waals surface area contributed by atoms with Crippen LogP contribution in [-0.2, 0) is 0 Å². The van der Waals surface area contributed by atoms with Crippen molar-refractivity contribution in [1.29, 1.82) is 0 Å². The number of rotatable bonds is 6. The summed E-state index contributed by atoms with van der Waals surface area (Å²) in [7, 11) is 0. The predicted molar refractivity (Wildman–Crippen MR) is 88.1 cm³/mol. The highest BCUT2D eigenvalue weighted by molar-refractivity contribution is 4.82. The zero-order valence-electron chi connectivity index (χ0n) is 14.3. The molecule has 0 saturated carbocycles. The van der Waals surface area contributed by atoms with Gasteiger partial charge < -0.3 is 9.80 Å². The van der Waals surface area contributed by atoms with E-state index in [2.05, 4.69) is 37.5 Å². The standard InChI is InChI=1S/C18H36N2/c1-5-16(4)20-10-7-17(8-11-20)13-19-9-6-18(14-19)12-15(2)3/h15-18H,5-14H2,1-4H3. The summed E-state index contributed by atoms with van der Waals surface area (Å²) >= 11 is 0. The Hall–Kier alpha value is -0.0800. The average molecular weight is 280 g/mol. The lowest BCUT2D eigenvalue weighted by Crippen LogP contribution is -2.42. The highest BCUT2D eigenvalue weighted by atomic mass is 15.2. The van der Waals surface area contributed by atoms with Crippen LogP contribution < -0.4 is 0 Å². The first kappa shape index (κ1) is 16.3. The zero-order chi connectivity index (χ0) is 14.5. The zero-order valence-corrected chi connectivity index (χ0v) is 14.3. The molecule has 2 saturated heterocycles. The van der Waals surface area contributed by atoms with Crippen molar-refractivity contribution >= 4 is 0 Å². The van der Waals surface area contributed by atoms with E-state index in [4.69, 9.17) is 0 Å². The third kappa shape index (κ3) is 4.73. The Labute approximate surface area is 126 Å². The smallest absolute Gasteiger partial charge is 0.00643 e. The molecule has 2 rings (SSSR count). The van der Waals surface area contributed by atoms with Crippen LogP contribution in [0.1, 0.15) is 59.8 Å². The maximum Gasteiger partial charge on any atom is 0.00643 e. The van der Waals surface area contributed by atoms with Gasteiger partial charge >= 0.3 is 0 Å². The number of hydrogen-bond acceptors (Lipinski definition) is 2. The fourth-order valence-electron chi connectivity index (χ4n) is 4.14. The third-order valence-electron chi connectivity index (χ3n) is 5.55. The fourth-order valence-corrected chi connectivity index (χ4v) is 4.14. The van der Waals surface area contributed by atoms with E-state index in [0.29, 0.717) is 0 Å². The van der Waals surface area contributed by atoms with E-state index in [1.807, 2.05) is 0 Å². The van der Waals surface area contributed by atoms with Crippen LogP contribution in [0.25, 0.3) is 0 Å². The number of likely N-dealkylation sites (tertiary alicyclic amines) is 2. The lowest BCUT2D eigenvalue weighted by atomic mass is 9.94. The van der Waals surface area contributed by atoms with Gasteiger partial charge in [-0.05, 0) is 76.4 Å². The minimum atomic E-state index is 0.790. The molecule has 2 aliphatic heterocycles. The van der Waals surface area contributed by atoms with Crippen molar-refractivity contribution in [2.75, 3.05) is 32.7 Å². The predicted octanol–water partition coefficient (Wildman–Crippen LogP) is 3.86. The fraction of sp³-hybridized carbons (Fsp3) is 1.00. The van der Waals surface area contributed by atoms with Crippen molar-refractivity contribution in [3.63, 3.8) is 0 Å². The van der Waals surface area contributed by atoms with Crippen LogP contribution in [0.15, 0.2) is 0 Å². The summed E-state index contributed by atoms with van der Waals surface area (Å²) < 4.78 is 0. The number of hydrogen-bond donors (Lipinski definition) is 0. The lowest BCUT2D eigenvalue weighted by molar-refractivity contribution is 0.119. The number of piperidine rings is 1. The third-order valence-corrected chi connectivity index (χ3v) is 5.55. The SMILES string of the molecule is CCC(C)N1CCC(CN2CCC(CC(C)C)C2)CC1.